The number of phenolic OH excluding ortho intramolecular Hbond substituents is 1. The predicted molar refractivity (Wildman–Crippen MR) is 93.0 cm³/mol. The maximum absolute atomic E-state index is 13.2. The van der Waals surface area contributed by atoms with Crippen molar-refractivity contribution in [1.29, 1.82) is 0 Å². The average Bonchev–Trinajstić information content (AvgIpc) is 2.98. The number of aromatic nitrogens is 3. The van der Waals surface area contributed by atoms with Crippen molar-refractivity contribution in [2.75, 3.05) is 31.6 Å². The molecule has 2 atom stereocenters. The van der Waals surface area contributed by atoms with Crippen LogP contribution in [0.5, 0.6) is 5.75 Å². The highest BCUT2D eigenvalue weighted by molar-refractivity contribution is 5.68. The minimum atomic E-state index is -0.485. The van der Waals surface area contributed by atoms with E-state index in [4.69, 9.17) is 0 Å². The normalized spacial score (nSPS) is 23.7. The van der Waals surface area contributed by atoms with Gasteiger partial charge >= 0.3 is 0 Å². The van der Waals surface area contributed by atoms with Gasteiger partial charge in [-0.2, -0.15) is 0 Å². The van der Waals surface area contributed by atoms with Crippen molar-refractivity contribution in [2.24, 2.45) is 5.92 Å². The second-order valence-corrected chi connectivity index (χ2v) is 7.07. The van der Waals surface area contributed by atoms with E-state index in [9.17, 15) is 9.50 Å². The van der Waals surface area contributed by atoms with Crippen molar-refractivity contribution >= 4 is 5.95 Å². The zero-order valence-corrected chi connectivity index (χ0v) is 14.5. The molecule has 132 valence electrons. The van der Waals surface area contributed by atoms with Crippen LogP contribution in [0.2, 0.25) is 0 Å². The minimum Gasteiger partial charge on any atom is -0.507 e. The molecule has 3 heterocycles. The number of fused-ring (bicyclic) bond motifs is 1. The summed E-state index contributed by atoms with van der Waals surface area (Å²) in [5.41, 5.74) is 1.61. The van der Waals surface area contributed by atoms with Crippen LogP contribution in [-0.4, -0.2) is 57.9 Å². The van der Waals surface area contributed by atoms with Crippen LogP contribution in [-0.2, 0) is 0 Å². The fraction of sp³-hybridized carbons (Fsp3) is 0.500. The van der Waals surface area contributed by atoms with Gasteiger partial charge in [0.2, 0.25) is 5.95 Å². The maximum atomic E-state index is 13.2. The van der Waals surface area contributed by atoms with Crippen LogP contribution in [0.3, 0.4) is 0 Å². The Morgan fingerprint density at radius 1 is 1.20 bits per heavy atom. The van der Waals surface area contributed by atoms with Crippen LogP contribution in [0.15, 0.2) is 18.2 Å². The van der Waals surface area contributed by atoms with Crippen LogP contribution in [0.25, 0.3) is 11.3 Å². The number of benzene rings is 1. The summed E-state index contributed by atoms with van der Waals surface area (Å²) in [6, 6.07) is 4.32. The summed E-state index contributed by atoms with van der Waals surface area (Å²) in [6.45, 7) is 4.96. The number of likely N-dealkylation sites (tertiary alicyclic amines) is 1. The lowest BCUT2D eigenvalue weighted by Crippen LogP contribution is -2.47. The number of rotatable bonds is 2. The zero-order valence-electron chi connectivity index (χ0n) is 14.5. The Labute approximate surface area is 146 Å². The van der Waals surface area contributed by atoms with Gasteiger partial charge < -0.3 is 14.9 Å². The van der Waals surface area contributed by atoms with E-state index in [0.717, 1.165) is 25.7 Å². The third kappa shape index (κ3) is 2.93. The molecule has 0 spiro atoms. The first-order valence-corrected chi connectivity index (χ1v) is 8.68. The highest BCUT2D eigenvalue weighted by atomic mass is 19.1. The third-order valence-corrected chi connectivity index (χ3v) is 5.39. The second kappa shape index (κ2) is 6.22. The summed E-state index contributed by atoms with van der Waals surface area (Å²) in [6.07, 6.45) is 2.38. The van der Waals surface area contributed by atoms with Crippen LogP contribution in [0, 0.1) is 18.7 Å². The molecule has 25 heavy (non-hydrogen) atoms. The van der Waals surface area contributed by atoms with Crippen molar-refractivity contribution in [2.45, 2.75) is 25.8 Å². The average molecular weight is 343 g/mol. The van der Waals surface area contributed by atoms with Gasteiger partial charge in [0.25, 0.3) is 0 Å². The van der Waals surface area contributed by atoms with Crippen LogP contribution in [0.1, 0.15) is 18.5 Å². The second-order valence-electron chi connectivity index (χ2n) is 7.07. The van der Waals surface area contributed by atoms with E-state index in [-0.39, 0.29) is 5.75 Å². The van der Waals surface area contributed by atoms with Gasteiger partial charge in [0, 0.05) is 30.8 Å². The Bertz CT molecular complexity index is 799. The van der Waals surface area contributed by atoms with Gasteiger partial charge in [0.05, 0.1) is 5.69 Å². The fourth-order valence-electron chi connectivity index (χ4n) is 4.01. The molecule has 2 saturated heterocycles. The molecule has 1 aromatic carbocycles. The fourth-order valence-corrected chi connectivity index (χ4v) is 4.01. The largest absolute Gasteiger partial charge is 0.507 e. The summed E-state index contributed by atoms with van der Waals surface area (Å²) < 4.78 is 13.2. The molecule has 4 rings (SSSR count). The number of anilines is 1. The topological polar surface area (TPSA) is 65.4 Å². The molecule has 2 fully saturated rings. The van der Waals surface area contributed by atoms with Crippen LogP contribution < -0.4 is 4.90 Å². The monoisotopic (exact) mass is 343 g/mol. The van der Waals surface area contributed by atoms with E-state index in [2.05, 4.69) is 32.0 Å². The Morgan fingerprint density at radius 2 is 2.00 bits per heavy atom. The van der Waals surface area contributed by atoms with E-state index < -0.39 is 5.82 Å². The first-order valence-electron chi connectivity index (χ1n) is 8.68. The molecule has 0 unspecified atom stereocenters. The smallest absolute Gasteiger partial charge is 0.245 e. The summed E-state index contributed by atoms with van der Waals surface area (Å²) in [7, 11) is 2.15. The van der Waals surface area contributed by atoms with Gasteiger partial charge in [-0.15, -0.1) is 10.2 Å². The van der Waals surface area contributed by atoms with E-state index in [1.54, 1.807) is 0 Å². The summed E-state index contributed by atoms with van der Waals surface area (Å²) in [4.78, 5) is 9.25. The molecule has 0 amide bonds. The SMILES string of the molecule is Cc1nc(N2CC[C@@H]3CCN(C)C[C@@H]32)nnc1-c1ccc(F)cc1O. The molecule has 1 N–H and O–H groups in total. The molecule has 2 aliphatic rings. The number of hydrogen-bond acceptors (Lipinski definition) is 6. The van der Waals surface area contributed by atoms with Gasteiger partial charge in [-0.25, -0.2) is 9.37 Å². The third-order valence-electron chi connectivity index (χ3n) is 5.39. The van der Waals surface area contributed by atoms with E-state index in [1.165, 1.54) is 25.0 Å². The summed E-state index contributed by atoms with van der Waals surface area (Å²) in [5, 5.41) is 18.6. The molecule has 6 nitrogen and oxygen atoms in total. The van der Waals surface area contributed by atoms with Crippen molar-refractivity contribution in [3.05, 3.63) is 29.7 Å². The first kappa shape index (κ1) is 16.2. The molecular weight excluding hydrogens is 321 g/mol. The lowest BCUT2D eigenvalue weighted by molar-refractivity contribution is 0.207. The van der Waals surface area contributed by atoms with E-state index in [1.807, 2.05) is 6.92 Å². The number of aryl methyl sites for hydroxylation is 1. The molecule has 2 aromatic rings. The lowest BCUT2D eigenvalue weighted by atomic mass is 9.92. The molecule has 2 aliphatic heterocycles. The Morgan fingerprint density at radius 3 is 2.76 bits per heavy atom. The molecule has 0 aliphatic carbocycles. The molecule has 7 heteroatoms. The molecule has 1 aromatic heterocycles. The van der Waals surface area contributed by atoms with E-state index in [0.29, 0.717) is 34.9 Å². The standard InChI is InChI=1S/C18H22FN5O/c1-11-17(14-4-3-13(19)9-16(14)25)21-22-18(20-11)24-8-6-12-5-7-23(2)10-15(12)24/h3-4,9,12,15,25H,5-8,10H2,1-2H3/t12-,15-/m0/s1. The highest BCUT2D eigenvalue weighted by Gasteiger charge is 2.38. The molecule has 0 bridgehead atoms. The molecule has 0 radical (unpaired) electrons. The van der Waals surface area contributed by atoms with E-state index >= 15 is 0 Å². The number of phenols is 1. The van der Waals surface area contributed by atoms with Gasteiger partial charge in [0.1, 0.15) is 17.3 Å². The maximum Gasteiger partial charge on any atom is 0.245 e. The summed E-state index contributed by atoms with van der Waals surface area (Å²) in [5.74, 6) is 0.703. The predicted octanol–water partition coefficient (Wildman–Crippen LogP) is 2.22. The molecular formula is C18H22FN5O. The summed E-state index contributed by atoms with van der Waals surface area (Å²) >= 11 is 0. The Hall–Kier alpha value is -2.28. The number of nitrogens with zero attached hydrogens (tertiary/aromatic N) is 5. The van der Waals surface area contributed by atoms with Crippen molar-refractivity contribution in [1.82, 2.24) is 20.1 Å². The highest BCUT2D eigenvalue weighted by Crippen LogP contribution is 2.34. The Kier molecular flexibility index (Phi) is 4.03. The number of piperidine rings is 1. The quantitative estimate of drug-likeness (QED) is 0.902. The number of hydrogen-bond donors (Lipinski definition) is 1. The van der Waals surface area contributed by atoms with Gasteiger partial charge in [0.15, 0.2) is 0 Å². The zero-order chi connectivity index (χ0) is 17.6. The Balaban J connectivity index is 1.64. The van der Waals surface area contributed by atoms with Gasteiger partial charge in [-0.05, 0) is 51.4 Å². The van der Waals surface area contributed by atoms with Gasteiger partial charge in [-0.3, -0.25) is 0 Å². The van der Waals surface area contributed by atoms with Gasteiger partial charge in [-0.1, -0.05) is 0 Å². The van der Waals surface area contributed by atoms with Crippen molar-refractivity contribution in [3.63, 3.8) is 0 Å². The van der Waals surface area contributed by atoms with Crippen LogP contribution >= 0.6 is 0 Å². The minimum absolute atomic E-state index is 0.151. The first-order chi connectivity index (χ1) is 12.0. The number of likely N-dealkylation sites (N-methyl/N-ethyl adjacent to an activating group) is 1. The molecule has 0 saturated carbocycles. The van der Waals surface area contributed by atoms with Crippen LogP contribution in [0.4, 0.5) is 10.3 Å². The number of halogens is 1. The van der Waals surface area contributed by atoms with Crippen molar-refractivity contribution < 1.29 is 9.50 Å². The number of aromatic hydroxyl groups is 1. The van der Waals surface area contributed by atoms with Crippen molar-refractivity contribution in [3.8, 4) is 17.0 Å². The lowest BCUT2D eigenvalue weighted by Gasteiger charge is -2.36.